The third-order valence-corrected chi connectivity index (χ3v) is 3.63. The lowest BCUT2D eigenvalue weighted by Gasteiger charge is -2.15. The zero-order valence-electron chi connectivity index (χ0n) is 10.4. The minimum Gasteiger partial charge on any atom is -0.493 e. The van der Waals surface area contributed by atoms with Gasteiger partial charge in [0.15, 0.2) is 16.7 Å². The third-order valence-electron chi connectivity index (χ3n) is 2.74. The van der Waals surface area contributed by atoms with E-state index < -0.39 is 6.04 Å². The van der Waals surface area contributed by atoms with Crippen molar-refractivity contribution in [1.82, 2.24) is 0 Å². The fourth-order valence-electron chi connectivity index (χ4n) is 1.76. The predicted molar refractivity (Wildman–Crippen MR) is 77.0 cm³/mol. The molecular formula is C13H13BrClNO3. The van der Waals surface area contributed by atoms with Crippen molar-refractivity contribution in [3.63, 3.8) is 0 Å². The number of halogens is 2. The van der Waals surface area contributed by atoms with Gasteiger partial charge in [-0.25, -0.2) is 0 Å². The Bertz CT molecular complexity index is 585. The topological polar surface area (TPSA) is 57.6 Å². The Kier molecular flexibility index (Phi) is 4.39. The van der Waals surface area contributed by atoms with E-state index in [1.807, 2.05) is 6.07 Å². The molecule has 0 bridgehead atoms. The second-order valence-corrected chi connectivity index (χ2v) is 5.08. The van der Waals surface area contributed by atoms with Gasteiger partial charge in [0.25, 0.3) is 0 Å². The highest BCUT2D eigenvalue weighted by Gasteiger charge is 2.19. The van der Waals surface area contributed by atoms with E-state index in [9.17, 15) is 0 Å². The van der Waals surface area contributed by atoms with Gasteiger partial charge in [0.1, 0.15) is 5.76 Å². The van der Waals surface area contributed by atoms with Crippen molar-refractivity contribution in [3.8, 4) is 11.5 Å². The summed E-state index contributed by atoms with van der Waals surface area (Å²) in [5.74, 6) is 1.81. The quantitative estimate of drug-likeness (QED) is 0.916. The van der Waals surface area contributed by atoms with Crippen molar-refractivity contribution in [3.05, 3.63) is 45.3 Å². The van der Waals surface area contributed by atoms with Gasteiger partial charge in [-0.05, 0) is 41.4 Å². The zero-order valence-corrected chi connectivity index (χ0v) is 12.8. The van der Waals surface area contributed by atoms with E-state index in [-0.39, 0.29) is 0 Å². The zero-order chi connectivity index (χ0) is 14.0. The molecule has 102 valence electrons. The molecule has 2 N–H and O–H groups in total. The summed E-state index contributed by atoms with van der Waals surface area (Å²) in [6.07, 6.45) is 0. The first kappa shape index (κ1) is 14.2. The molecule has 6 heteroatoms. The molecule has 1 aromatic heterocycles. The van der Waals surface area contributed by atoms with Crippen molar-refractivity contribution in [2.75, 3.05) is 14.2 Å². The molecule has 0 saturated heterocycles. The van der Waals surface area contributed by atoms with Gasteiger partial charge in [0, 0.05) is 4.47 Å². The summed E-state index contributed by atoms with van der Waals surface area (Å²) in [6.45, 7) is 0. The number of hydrogen-bond acceptors (Lipinski definition) is 4. The van der Waals surface area contributed by atoms with Crippen molar-refractivity contribution < 1.29 is 13.9 Å². The van der Waals surface area contributed by atoms with Crippen LogP contribution >= 0.6 is 27.5 Å². The number of nitrogens with two attached hydrogens (primary N) is 1. The summed E-state index contributed by atoms with van der Waals surface area (Å²) in [6, 6.07) is 6.58. The molecule has 4 nitrogen and oxygen atoms in total. The summed E-state index contributed by atoms with van der Waals surface area (Å²) in [7, 11) is 3.15. The lowest BCUT2D eigenvalue weighted by atomic mass is 10.0. The van der Waals surface area contributed by atoms with Crippen LogP contribution in [-0.2, 0) is 0 Å². The van der Waals surface area contributed by atoms with E-state index in [0.29, 0.717) is 22.5 Å². The Morgan fingerprint density at radius 3 is 2.37 bits per heavy atom. The maximum absolute atomic E-state index is 6.17. The average molecular weight is 347 g/mol. The van der Waals surface area contributed by atoms with Crippen LogP contribution in [0.15, 0.2) is 33.2 Å². The number of furan rings is 1. The third kappa shape index (κ3) is 2.88. The summed E-state index contributed by atoms with van der Waals surface area (Å²) < 4.78 is 16.6. The van der Waals surface area contributed by atoms with Gasteiger partial charge < -0.3 is 19.6 Å². The van der Waals surface area contributed by atoms with Crippen LogP contribution in [0.5, 0.6) is 11.5 Å². The highest BCUT2D eigenvalue weighted by Crippen LogP contribution is 2.37. The fraction of sp³-hybridized carbons (Fsp3) is 0.231. The van der Waals surface area contributed by atoms with E-state index in [1.54, 1.807) is 32.4 Å². The molecule has 2 rings (SSSR count). The molecule has 1 heterocycles. The highest BCUT2D eigenvalue weighted by molar-refractivity contribution is 9.10. The lowest BCUT2D eigenvalue weighted by molar-refractivity contribution is 0.354. The van der Waals surface area contributed by atoms with Gasteiger partial charge >= 0.3 is 0 Å². The van der Waals surface area contributed by atoms with E-state index in [1.165, 1.54) is 0 Å². The lowest BCUT2D eigenvalue weighted by Crippen LogP contribution is -2.12. The Labute approximate surface area is 124 Å². The first-order valence-electron chi connectivity index (χ1n) is 5.49. The van der Waals surface area contributed by atoms with Gasteiger partial charge in [0.05, 0.1) is 20.3 Å². The number of hydrogen-bond donors (Lipinski definition) is 1. The van der Waals surface area contributed by atoms with Crippen LogP contribution in [0, 0.1) is 0 Å². The largest absolute Gasteiger partial charge is 0.493 e. The molecule has 0 aliphatic carbocycles. The molecule has 1 aromatic carbocycles. The monoisotopic (exact) mass is 345 g/mol. The van der Waals surface area contributed by atoms with E-state index in [2.05, 4.69) is 15.9 Å². The number of rotatable bonds is 4. The minimum atomic E-state index is -0.443. The molecule has 1 atom stereocenters. The molecule has 19 heavy (non-hydrogen) atoms. The Morgan fingerprint density at radius 2 is 1.84 bits per heavy atom. The molecule has 2 aromatic rings. The molecule has 0 aliphatic rings. The van der Waals surface area contributed by atoms with Crippen LogP contribution in [0.25, 0.3) is 0 Å². The minimum absolute atomic E-state index is 0.307. The molecule has 0 fully saturated rings. The van der Waals surface area contributed by atoms with Crippen LogP contribution in [-0.4, -0.2) is 14.2 Å². The van der Waals surface area contributed by atoms with Crippen LogP contribution in [0.1, 0.15) is 17.4 Å². The van der Waals surface area contributed by atoms with Crippen molar-refractivity contribution >= 4 is 27.5 Å². The number of methoxy groups -OCH3 is 2. The van der Waals surface area contributed by atoms with Crippen LogP contribution < -0.4 is 15.2 Å². The highest BCUT2D eigenvalue weighted by atomic mass is 79.9. The Morgan fingerprint density at radius 1 is 1.21 bits per heavy atom. The molecule has 0 saturated carbocycles. The smallest absolute Gasteiger partial charge is 0.193 e. The summed E-state index contributed by atoms with van der Waals surface area (Å²) in [5, 5.41) is 0.307. The standard InChI is InChI=1S/C13H13BrClNO3/c1-17-10-5-7(8(14)6-11(10)18-2)13(16)9-3-4-12(15)19-9/h3-6,13H,16H2,1-2H3. The normalized spacial score (nSPS) is 12.3. The summed E-state index contributed by atoms with van der Waals surface area (Å²) in [5.41, 5.74) is 6.99. The molecular weight excluding hydrogens is 334 g/mol. The first-order chi connectivity index (χ1) is 9.06. The average Bonchev–Trinajstić information content (AvgIpc) is 2.84. The Balaban J connectivity index is 2.44. The predicted octanol–water partition coefficient (Wildman–Crippen LogP) is 3.76. The van der Waals surface area contributed by atoms with E-state index in [0.717, 1.165) is 10.0 Å². The second kappa shape index (κ2) is 5.86. The maximum Gasteiger partial charge on any atom is 0.193 e. The molecule has 0 radical (unpaired) electrons. The molecule has 1 unspecified atom stereocenters. The first-order valence-corrected chi connectivity index (χ1v) is 6.66. The van der Waals surface area contributed by atoms with Crippen LogP contribution in [0.3, 0.4) is 0 Å². The number of benzene rings is 1. The van der Waals surface area contributed by atoms with Gasteiger partial charge in [-0.2, -0.15) is 0 Å². The second-order valence-electron chi connectivity index (χ2n) is 3.85. The molecule has 0 aliphatic heterocycles. The SMILES string of the molecule is COc1cc(Br)c(C(N)c2ccc(Cl)o2)cc1OC. The fourth-order valence-corrected chi connectivity index (χ4v) is 2.48. The van der Waals surface area contributed by atoms with Crippen molar-refractivity contribution in [1.29, 1.82) is 0 Å². The van der Waals surface area contributed by atoms with Gasteiger partial charge in [-0.1, -0.05) is 15.9 Å². The maximum atomic E-state index is 6.17. The van der Waals surface area contributed by atoms with E-state index in [4.69, 9.17) is 31.2 Å². The van der Waals surface area contributed by atoms with Gasteiger partial charge in [-0.3, -0.25) is 0 Å². The van der Waals surface area contributed by atoms with Crippen molar-refractivity contribution in [2.45, 2.75) is 6.04 Å². The van der Waals surface area contributed by atoms with Crippen molar-refractivity contribution in [2.24, 2.45) is 5.73 Å². The number of ether oxygens (including phenoxy) is 2. The van der Waals surface area contributed by atoms with Gasteiger partial charge in [-0.15, -0.1) is 0 Å². The molecule has 0 spiro atoms. The molecule has 0 amide bonds. The summed E-state index contributed by atoms with van der Waals surface area (Å²) in [4.78, 5) is 0. The van der Waals surface area contributed by atoms with Crippen LogP contribution in [0.4, 0.5) is 0 Å². The van der Waals surface area contributed by atoms with E-state index >= 15 is 0 Å². The van der Waals surface area contributed by atoms with Gasteiger partial charge in [0.2, 0.25) is 0 Å². The summed E-state index contributed by atoms with van der Waals surface area (Å²) >= 11 is 9.23. The Hall–Kier alpha value is -1.17. The van der Waals surface area contributed by atoms with Crippen LogP contribution in [0.2, 0.25) is 5.22 Å².